The van der Waals surface area contributed by atoms with Crippen LogP contribution in [-0.4, -0.2) is 23.1 Å². The van der Waals surface area contributed by atoms with Crippen LogP contribution in [0, 0.1) is 0 Å². The molecular weight excluding hydrogens is 580 g/mol. The summed E-state index contributed by atoms with van der Waals surface area (Å²) in [7, 11) is 0. The van der Waals surface area contributed by atoms with E-state index in [1.165, 1.54) is 116 Å². The number of aliphatic carboxylic acids is 1. The molecule has 1 N–H and O–H groups in total. The van der Waals surface area contributed by atoms with E-state index in [1.54, 1.807) is 0 Å². The van der Waals surface area contributed by atoms with Gasteiger partial charge in [-0.3, -0.25) is 9.59 Å². The van der Waals surface area contributed by atoms with Gasteiger partial charge >= 0.3 is 11.9 Å². The average molecular weight is 657 g/mol. The summed E-state index contributed by atoms with van der Waals surface area (Å²) in [5.41, 5.74) is 0. The fraction of sp³-hybridized carbons (Fsp3) is 0.767. The van der Waals surface area contributed by atoms with E-state index in [9.17, 15) is 9.59 Å². The predicted octanol–water partition coefficient (Wildman–Crippen LogP) is 14.0. The Morgan fingerprint density at radius 3 is 1.47 bits per heavy atom. The van der Waals surface area contributed by atoms with Gasteiger partial charge < -0.3 is 9.84 Å². The normalized spacial score (nSPS) is 12.7. The number of carbonyl (C=O) groups is 2. The van der Waals surface area contributed by atoms with Crippen molar-refractivity contribution in [3.63, 3.8) is 0 Å². The molecule has 0 saturated carbocycles. The van der Waals surface area contributed by atoms with Crippen molar-refractivity contribution >= 4 is 11.9 Å². The molecule has 0 saturated heterocycles. The first-order valence-electron chi connectivity index (χ1n) is 20.1. The largest absolute Gasteiger partial charge is 0.481 e. The number of unbranched alkanes of at least 4 members (excludes halogenated alkanes) is 21. The van der Waals surface area contributed by atoms with Gasteiger partial charge in [-0.25, -0.2) is 0 Å². The van der Waals surface area contributed by atoms with Crippen molar-refractivity contribution in [1.29, 1.82) is 0 Å². The highest BCUT2D eigenvalue weighted by atomic mass is 16.5. The second-order valence-electron chi connectivity index (χ2n) is 13.5. The standard InChI is InChI=1S/C43H76O4/c1-3-5-7-9-11-13-15-16-17-18-19-20-21-23-25-27-32-36-40-43(46)47-41(38-34-30-28-31-35-39-42(44)45)37-33-29-26-24-22-14-12-10-8-6-4-2/h12,14,17-18,24,26,33,37,41H,3-11,13,15-16,19-23,25,27-32,34-36,38-40H2,1-2H3,(H,44,45)/b14-12-,18-17-,26-24-,37-33-. The molecule has 1 unspecified atom stereocenters. The molecule has 0 rings (SSSR count). The Kier molecular flexibility index (Phi) is 36.6. The molecule has 0 amide bonds. The topological polar surface area (TPSA) is 63.6 Å². The number of ether oxygens (including phenoxy) is 1. The van der Waals surface area contributed by atoms with E-state index in [0.29, 0.717) is 6.42 Å². The van der Waals surface area contributed by atoms with Crippen molar-refractivity contribution in [2.75, 3.05) is 0 Å². The van der Waals surface area contributed by atoms with Gasteiger partial charge in [0, 0.05) is 12.8 Å². The monoisotopic (exact) mass is 657 g/mol. The zero-order valence-electron chi connectivity index (χ0n) is 31.1. The van der Waals surface area contributed by atoms with Gasteiger partial charge in [0.2, 0.25) is 0 Å². The van der Waals surface area contributed by atoms with Crippen molar-refractivity contribution in [3.8, 4) is 0 Å². The van der Waals surface area contributed by atoms with Crippen molar-refractivity contribution in [1.82, 2.24) is 0 Å². The van der Waals surface area contributed by atoms with Gasteiger partial charge in [-0.05, 0) is 83.1 Å². The quantitative estimate of drug-likeness (QED) is 0.0414. The Hall–Kier alpha value is -2.10. The van der Waals surface area contributed by atoms with E-state index < -0.39 is 5.97 Å². The first-order valence-corrected chi connectivity index (χ1v) is 20.1. The van der Waals surface area contributed by atoms with Crippen LogP contribution in [0.25, 0.3) is 0 Å². The molecule has 0 bridgehead atoms. The maximum atomic E-state index is 12.6. The second-order valence-corrected chi connectivity index (χ2v) is 13.5. The van der Waals surface area contributed by atoms with Crippen molar-refractivity contribution in [2.45, 2.75) is 213 Å². The number of carbonyl (C=O) groups excluding carboxylic acids is 1. The smallest absolute Gasteiger partial charge is 0.306 e. The fourth-order valence-corrected chi connectivity index (χ4v) is 5.75. The Morgan fingerprint density at radius 2 is 0.894 bits per heavy atom. The molecule has 272 valence electrons. The number of allylic oxidation sites excluding steroid dienone is 7. The van der Waals surface area contributed by atoms with E-state index in [0.717, 1.165) is 64.2 Å². The number of hydrogen-bond donors (Lipinski definition) is 1. The van der Waals surface area contributed by atoms with Gasteiger partial charge in [-0.2, -0.15) is 0 Å². The van der Waals surface area contributed by atoms with Crippen LogP contribution in [0.2, 0.25) is 0 Å². The summed E-state index contributed by atoms with van der Waals surface area (Å²) in [4.78, 5) is 23.3. The lowest BCUT2D eigenvalue weighted by Gasteiger charge is -2.14. The van der Waals surface area contributed by atoms with Gasteiger partial charge in [0.1, 0.15) is 6.10 Å². The molecule has 0 aliphatic heterocycles. The molecule has 0 radical (unpaired) electrons. The lowest BCUT2D eigenvalue weighted by molar-refractivity contribution is -0.147. The van der Waals surface area contributed by atoms with Crippen LogP contribution in [0.5, 0.6) is 0 Å². The number of carboxylic acid groups (broad SMARTS) is 1. The maximum Gasteiger partial charge on any atom is 0.306 e. The van der Waals surface area contributed by atoms with Crippen LogP contribution < -0.4 is 0 Å². The highest BCUT2D eigenvalue weighted by molar-refractivity contribution is 5.69. The van der Waals surface area contributed by atoms with Crippen LogP contribution in [0.15, 0.2) is 48.6 Å². The minimum atomic E-state index is -0.716. The third-order valence-corrected chi connectivity index (χ3v) is 8.76. The molecule has 1 atom stereocenters. The second kappa shape index (κ2) is 38.3. The highest BCUT2D eigenvalue weighted by Gasteiger charge is 2.11. The molecule has 0 aromatic rings. The van der Waals surface area contributed by atoms with Crippen LogP contribution in [0.4, 0.5) is 0 Å². The lowest BCUT2D eigenvalue weighted by atomic mass is 10.1. The number of carboxylic acids is 1. The van der Waals surface area contributed by atoms with E-state index in [1.807, 2.05) is 0 Å². The summed E-state index contributed by atoms with van der Waals surface area (Å²) in [6, 6.07) is 0. The molecule has 0 aromatic heterocycles. The molecule has 47 heavy (non-hydrogen) atoms. The summed E-state index contributed by atoms with van der Waals surface area (Å²) < 4.78 is 5.89. The van der Waals surface area contributed by atoms with E-state index in [-0.39, 0.29) is 18.5 Å². The number of hydrogen-bond acceptors (Lipinski definition) is 3. The third kappa shape index (κ3) is 38.2. The predicted molar refractivity (Wildman–Crippen MR) is 204 cm³/mol. The van der Waals surface area contributed by atoms with E-state index >= 15 is 0 Å². The lowest BCUT2D eigenvalue weighted by Crippen LogP contribution is -2.16. The van der Waals surface area contributed by atoms with Crippen LogP contribution in [0.3, 0.4) is 0 Å². The SMILES string of the molecule is CCCCC/C=C\C/C=C\C/C=C\C(CCCCCCCC(=O)O)OC(=O)CCCCCCCCC/C=C\CCCCCCCCC. The minimum absolute atomic E-state index is 0.0758. The van der Waals surface area contributed by atoms with Crippen molar-refractivity contribution in [3.05, 3.63) is 48.6 Å². The molecule has 4 heteroatoms. The molecule has 0 aliphatic carbocycles. The summed E-state index contributed by atoms with van der Waals surface area (Å²) in [6.45, 7) is 4.51. The van der Waals surface area contributed by atoms with Gasteiger partial charge in [-0.15, -0.1) is 0 Å². The average Bonchev–Trinajstić information content (AvgIpc) is 3.05. The van der Waals surface area contributed by atoms with Crippen LogP contribution in [0.1, 0.15) is 206 Å². The van der Waals surface area contributed by atoms with Gasteiger partial charge in [0.25, 0.3) is 0 Å². The molecule has 0 aromatic carbocycles. The zero-order valence-corrected chi connectivity index (χ0v) is 31.1. The van der Waals surface area contributed by atoms with Gasteiger partial charge in [0.15, 0.2) is 0 Å². The zero-order chi connectivity index (χ0) is 34.3. The Labute approximate surface area is 292 Å². The van der Waals surface area contributed by atoms with Crippen molar-refractivity contribution < 1.29 is 19.4 Å². The number of esters is 1. The van der Waals surface area contributed by atoms with E-state index in [4.69, 9.17) is 9.84 Å². The fourth-order valence-electron chi connectivity index (χ4n) is 5.75. The Balaban J connectivity index is 4.10. The van der Waals surface area contributed by atoms with Crippen LogP contribution in [-0.2, 0) is 14.3 Å². The Morgan fingerprint density at radius 1 is 0.489 bits per heavy atom. The molecule has 0 heterocycles. The summed E-state index contributed by atoms with van der Waals surface area (Å²) in [5, 5.41) is 8.81. The van der Waals surface area contributed by atoms with E-state index in [2.05, 4.69) is 62.5 Å². The molecular formula is C43H76O4. The van der Waals surface area contributed by atoms with Crippen molar-refractivity contribution in [2.24, 2.45) is 0 Å². The maximum absolute atomic E-state index is 12.6. The Bertz CT molecular complexity index is 794. The van der Waals surface area contributed by atoms with Crippen LogP contribution >= 0.6 is 0 Å². The minimum Gasteiger partial charge on any atom is -0.481 e. The first kappa shape index (κ1) is 44.9. The molecule has 0 fully saturated rings. The highest BCUT2D eigenvalue weighted by Crippen LogP contribution is 2.15. The molecule has 0 aliphatic rings. The summed E-state index contributed by atoms with van der Waals surface area (Å²) in [6.07, 6.45) is 51.4. The van der Waals surface area contributed by atoms with Gasteiger partial charge in [-0.1, -0.05) is 159 Å². The summed E-state index contributed by atoms with van der Waals surface area (Å²) >= 11 is 0. The summed E-state index contributed by atoms with van der Waals surface area (Å²) in [5.74, 6) is -0.792. The van der Waals surface area contributed by atoms with Gasteiger partial charge in [0.05, 0.1) is 0 Å². The molecule has 0 spiro atoms. The molecule has 4 nitrogen and oxygen atoms in total. The third-order valence-electron chi connectivity index (χ3n) is 8.76. The number of rotatable bonds is 36. The first-order chi connectivity index (χ1) is 23.1.